The van der Waals surface area contributed by atoms with Crippen molar-refractivity contribution in [2.75, 3.05) is 13.7 Å². The Morgan fingerprint density at radius 1 is 1.50 bits per heavy atom. The summed E-state index contributed by atoms with van der Waals surface area (Å²) in [6, 6.07) is 5.21. The van der Waals surface area contributed by atoms with Crippen LogP contribution in [-0.4, -0.2) is 40.7 Å². The van der Waals surface area contributed by atoms with Crippen LogP contribution in [0.15, 0.2) is 18.2 Å². The molecule has 1 aromatic rings. The van der Waals surface area contributed by atoms with E-state index in [0.717, 1.165) is 37.8 Å². The minimum absolute atomic E-state index is 0.00963. The van der Waals surface area contributed by atoms with Gasteiger partial charge in [0.05, 0.1) is 18.1 Å². The van der Waals surface area contributed by atoms with Gasteiger partial charge >= 0.3 is 5.69 Å². The van der Waals surface area contributed by atoms with E-state index >= 15 is 0 Å². The fourth-order valence-corrected chi connectivity index (χ4v) is 3.13. The number of methoxy groups -OCH3 is 1. The molecule has 2 rings (SSSR count). The van der Waals surface area contributed by atoms with E-state index in [0.29, 0.717) is 6.54 Å². The number of ether oxygens (including phenoxy) is 1. The van der Waals surface area contributed by atoms with Crippen LogP contribution in [0.5, 0.6) is 5.75 Å². The average Bonchev–Trinajstić information content (AvgIpc) is 2.54. The topological polar surface area (TPSA) is 75.8 Å². The van der Waals surface area contributed by atoms with Gasteiger partial charge in [-0.15, -0.1) is 0 Å². The molecule has 1 fully saturated rings. The summed E-state index contributed by atoms with van der Waals surface area (Å²) < 4.78 is 5.03. The molecular formula is C16H24N2O4. The summed E-state index contributed by atoms with van der Waals surface area (Å²) in [7, 11) is 1.43. The van der Waals surface area contributed by atoms with E-state index in [9.17, 15) is 15.2 Å². The first-order valence-electron chi connectivity index (χ1n) is 7.80. The molecule has 0 saturated carbocycles. The molecule has 6 nitrogen and oxygen atoms in total. The highest BCUT2D eigenvalue weighted by Gasteiger charge is 2.28. The lowest BCUT2D eigenvalue weighted by Crippen LogP contribution is -2.46. The molecule has 0 spiro atoms. The molecule has 0 aromatic heterocycles. The van der Waals surface area contributed by atoms with Crippen molar-refractivity contribution in [3.05, 3.63) is 33.9 Å². The van der Waals surface area contributed by atoms with Gasteiger partial charge in [0, 0.05) is 18.7 Å². The van der Waals surface area contributed by atoms with Crippen LogP contribution in [-0.2, 0) is 6.54 Å². The smallest absolute Gasteiger partial charge is 0.311 e. The van der Waals surface area contributed by atoms with Crippen LogP contribution >= 0.6 is 0 Å². The maximum absolute atomic E-state index is 11.1. The lowest BCUT2D eigenvalue weighted by Gasteiger charge is -2.38. The Balaban J connectivity index is 2.18. The molecule has 0 aliphatic carbocycles. The fraction of sp³-hybridized carbons (Fsp3) is 0.625. The summed E-state index contributed by atoms with van der Waals surface area (Å²) in [6.07, 6.45) is 3.59. The van der Waals surface area contributed by atoms with Crippen LogP contribution in [0.4, 0.5) is 5.69 Å². The summed E-state index contributed by atoms with van der Waals surface area (Å²) in [5.41, 5.74) is 0.868. The third-order valence-corrected chi connectivity index (χ3v) is 4.35. The molecule has 2 atom stereocenters. The van der Waals surface area contributed by atoms with Gasteiger partial charge in [0.15, 0.2) is 5.75 Å². The second kappa shape index (κ2) is 7.56. The monoisotopic (exact) mass is 308 g/mol. The highest BCUT2D eigenvalue weighted by molar-refractivity contribution is 5.48. The zero-order valence-electron chi connectivity index (χ0n) is 13.2. The molecule has 1 aromatic carbocycles. The molecule has 0 bridgehead atoms. The molecule has 6 heteroatoms. The molecule has 1 aliphatic heterocycles. The highest BCUT2D eigenvalue weighted by Crippen LogP contribution is 2.29. The third-order valence-electron chi connectivity index (χ3n) is 4.35. The maximum atomic E-state index is 11.1. The SMILES string of the molecule is CCC(O)C1CCCCN1Cc1ccc(OC)c([N+](=O)[O-])c1. The highest BCUT2D eigenvalue weighted by atomic mass is 16.6. The van der Waals surface area contributed by atoms with Crippen molar-refractivity contribution in [1.29, 1.82) is 0 Å². The standard InChI is InChI=1S/C16H24N2O4/c1-3-15(19)13-6-4-5-9-17(13)11-12-7-8-16(22-2)14(10-12)18(20)21/h7-8,10,13,15,19H,3-6,9,11H2,1-2H3. The predicted octanol–water partition coefficient (Wildman–Crippen LogP) is 2.73. The van der Waals surface area contributed by atoms with Crippen molar-refractivity contribution in [3.63, 3.8) is 0 Å². The summed E-state index contributed by atoms with van der Waals surface area (Å²) >= 11 is 0. The predicted molar refractivity (Wildman–Crippen MR) is 84.0 cm³/mol. The number of hydrogen-bond donors (Lipinski definition) is 1. The van der Waals surface area contributed by atoms with Gasteiger partial charge in [0.1, 0.15) is 0 Å². The zero-order valence-corrected chi connectivity index (χ0v) is 13.2. The Labute approximate surface area is 130 Å². The van der Waals surface area contributed by atoms with Gasteiger partial charge in [-0.2, -0.15) is 0 Å². The van der Waals surface area contributed by atoms with Crippen LogP contribution in [0.2, 0.25) is 0 Å². The molecule has 1 saturated heterocycles. The van der Waals surface area contributed by atoms with Crippen molar-refractivity contribution in [1.82, 2.24) is 4.90 Å². The number of aliphatic hydroxyl groups excluding tert-OH is 1. The Morgan fingerprint density at radius 2 is 2.27 bits per heavy atom. The van der Waals surface area contributed by atoms with Gasteiger partial charge in [-0.1, -0.05) is 19.4 Å². The molecule has 122 valence electrons. The van der Waals surface area contributed by atoms with Crippen molar-refractivity contribution >= 4 is 5.69 Å². The van der Waals surface area contributed by atoms with Crippen molar-refractivity contribution in [3.8, 4) is 5.75 Å². The van der Waals surface area contributed by atoms with E-state index in [-0.39, 0.29) is 23.6 Å². The van der Waals surface area contributed by atoms with Crippen LogP contribution in [0.25, 0.3) is 0 Å². The molecular weight excluding hydrogens is 284 g/mol. The van der Waals surface area contributed by atoms with Gasteiger partial charge in [0.25, 0.3) is 0 Å². The Bertz CT molecular complexity index is 521. The van der Waals surface area contributed by atoms with E-state index in [1.807, 2.05) is 13.0 Å². The summed E-state index contributed by atoms with van der Waals surface area (Å²) in [5.74, 6) is 0.275. The first-order chi connectivity index (χ1) is 10.6. The molecule has 1 N–H and O–H groups in total. The number of aliphatic hydroxyl groups is 1. The number of benzene rings is 1. The molecule has 0 amide bonds. The van der Waals surface area contributed by atoms with Crippen LogP contribution in [0.1, 0.15) is 38.2 Å². The van der Waals surface area contributed by atoms with Gasteiger partial charge in [-0.3, -0.25) is 15.0 Å². The normalized spacial score (nSPS) is 20.6. The quantitative estimate of drug-likeness (QED) is 0.646. The second-order valence-corrected chi connectivity index (χ2v) is 5.77. The number of nitro groups is 1. The number of nitro benzene ring substituents is 1. The number of likely N-dealkylation sites (tertiary alicyclic amines) is 1. The van der Waals surface area contributed by atoms with Gasteiger partial charge in [-0.05, 0) is 37.4 Å². The third kappa shape index (κ3) is 3.75. The van der Waals surface area contributed by atoms with Crippen molar-refractivity contribution in [2.24, 2.45) is 0 Å². The number of rotatable bonds is 6. The van der Waals surface area contributed by atoms with E-state index in [1.165, 1.54) is 7.11 Å². The van der Waals surface area contributed by atoms with Gasteiger partial charge in [0.2, 0.25) is 0 Å². The largest absolute Gasteiger partial charge is 0.490 e. The first kappa shape index (κ1) is 16.7. The lowest BCUT2D eigenvalue weighted by molar-refractivity contribution is -0.385. The van der Waals surface area contributed by atoms with Crippen molar-refractivity contribution in [2.45, 2.75) is 51.3 Å². The Kier molecular flexibility index (Phi) is 5.74. The lowest BCUT2D eigenvalue weighted by atomic mass is 9.95. The van der Waals surface area contributed by atoms with Crippen molar-refractivity contribution < 1.29 is 14.8 Å². The van der Waals surface area contributed by atoms with Gasteiger partial charge in [-0.25, -0.2) is 0 Å². The maximum Gasteiger partial charge on any atom is 0.311 e. The average molecular weight is 308 g/mol. The molecule has 1 heterocycles. The molecule has 22 heavy (non-hydrogen) atoms. The Morgan fingerprint density at radius 3 is 2.91 bits per heavy atom. The summed E-state index contributed by atoms with van der Waals surface area (Å²) in [5, 5.41) is 21.3. The Hall–Kier alpha value is -1.66. The number of piperidine rings is 1. The van der Waals surface area contributed by atoms with Crippen LogP contribution in [0, 0.1) is 10.1 Å². The van der Waals surface area contributed by atoms with Gasteiger partial charge < -0.3 is 9.84 Å². The number of nitrogens with zero attached hydrogens (tertiary/aromatic N) is 2. The van der Waals surface area contributed by atoms with E-state index in [1.54, 1.807) is 12.1 Å². The minimum Gasteiger partial charge on any atom is -0.490 e. The van der Waals surface area contributed by atoms with Crippen LogP contribution < -0.4 is 4.74 Å². The van der Waals surface area contributed by atoms with E-state index in [2.05, 4.69) is 4.90 Å². The number of hydrogen-bond acceptors (Lipinski definition) is 5. The molecule has 0 radical (unpaired) electrons. The fourth-order valence-electron chi connectivity index (χ4n) is 3.13. The summed E-state index contributed by atoms with van der Waals surface area (Å²) in [6.45, 7) is 3.52. The molecule has 1 aliphatic rings. The van der Waals surface area contributed by atoms with E-state index < -0.39 is 4.92 Å². The summed E-state index contributed by atoms with van der Waals surface area (Å²) in [4.78, 5) is 12.9. The molecule has 2 unspecified atom stereocenters. The second-order valence-electron chi connectivity index (χ2n) is 5.77. The zero-order chi connectivity index (χ0) is 16.1. The first-order valence-corrected chi connectivity index (χ1v) is 7.80. The van der Waals surface area contributed by atoms with E-state index in [4.69, 9.17) is 4.74 Å². The van der Waals surface area contributed by atoms with Crippen LogP contribution in [0.3, 0.4) is 0 Å². The minimum atomic E-state index is -0.420.